The highest BCUT2D eigenvalue weighted by atomic mass is 16.5. The number of rotatable bonds is 5. The molecular formula is C26H24N4O4. The second-order valence-corrected chi connectivity index (χ2v) is 9.14. The maximum absolute atomic E-state index is 13.1. The number of hydrogen-bond donors (Lipinski definition) is 1. The summed E-state index contributed by atoms with van der Waals surface area (Å²) in [6, 6.07) is 15.2. The number of carbonyl (C=O) groups is 3. The Bertz CT molecular complexity index is 1300. The van der Waals surface area contributed by atoms with Gasteiger partial charge in [0, 0.05) is 41.9 Å². The van der Waals surface area contributed by atoms with Gasteiger partial charge in [-0.1, -0.05) is 24.3 Å². The van der Waals surface area contributed by atoms with E-state index in [-0.39, 0.29) is 18.2 Å². The van der Waals surface area contributed by atoms with Crippen LogP contribution in [-0.4, -0.2) is 51.4 Å². The molecule has 8 nitrogen and oxygen atoms in total. The van der Waals surface area contributed by atoms with Gasteiger partial charge in [0.15, 0.2) is 0 Å². The SMILES string of the molecule is O=C1CCC(N2Cc3cc(-c4nc(CC5COC5)cn4-c4ccccc4)ccc3C2=O)C(=O)N1. The first-order chi connectivity index (χ1) is 16.6. The number of nitrogens with one attached hydrogen (secondary N) is 1. The van der Waals surface area contributed by atoms with Crippen LogP contribution in [0.3, 0.4) is 0 Å². The van der Waals surface area contributed by atoms with E-state index in [1.165, 1.54) is 0 Å². The summed E-state index contributed by atoms with van der Waals surface area (Å²) in [5, 5.41) is 2.35. The summed E-state index contributed by atoms with van der Waals surface area (Å²) in [7, 11) is 0. The zero-order valence-corrected chi connectivity index (χ0v) is 18.6. The van der Waals surface area contributed by atoms with Gasteiger partial charge in [0.1, 0.15) is 11.9 Å². The Balaban J connectivity index is 1.34. The lowest BCUT2D eigenvalue weighted by Gasteiger charge is -2.29. The molecule has 0 aliphatic carbocycles. The van der Waals surface area contributed by atoms with Crippen molar-refractivity contribution in [3.05, 3.63) is 71.5 Å². The molecule has 8 heteroatoms. The van der Waals surface area contributed by atoms with Crippen LogP contribution in [0.4, 0.5) is 0 Å². The fourth-order valence-corrected chi connectivity index (χ4v) is 4.93. The van der Waals surface area contributed by atoms with Gasteiger partial charge in [-0.25, -0.2) is 4.98 Å². The summed E-state index contributed by atoms with van der Waals surface area (Å²) in [6.07, 6.45) is 3.53. The summed E-state index contributed by atoms with van der Waals surface area (Å²) < 4.78 is 7.42. The van der Waals surface area contributed by atoms with E-state index in [0.717, 1.165) is 48.0 Å². The van der Waals surface area contributed by atoms with Crippen molar-refractivity contribution in [3.8, 4) is 17.1 Å². The van der Waals surface area contributed by atoms with Crippen LogP contribution in [0.2, 0.25) is 0 Å². The van der Waals surface area contributed by atoms with Gasteiger partial charge in [0.25, 0.3) is 5.91 Å². The fourth-order valence-electron chi connectivity index (χ4n) is 4.93. The molecule has 0 bridgehead atoms. The van der Waals surface area contributed by atoms with Gasteiger partial charge in [-0.2, -0.15) is 0 Å². The normalized spacial score (nSPS) is 20.3. The number of para-hydroxylation sites is 1. The zero-order chi connectivity index (χ0) is 23.2. The van der Waals surface area contributed by atoms with Gasteiger partial charge in [0.2, 0.25) is 11.8 Å². The molecule has 3 amide bonds. The molecule has 6 rings (SSSR count). The Hall–Kier alpha value is -3.78. The van der Waals surface area contributed by atoms with Crippen molar-refractivity contribution in [2.45, 2.75) is 31.8 Å². The molecule has 4 heterocycles. The van der Waals surface area contributed by atoms with Crippen molar-refractivity contribution in [2.24, 2.45) is 5.92 Å². The Morgan fingerprint density at radius 3 is 2.62 bits per heavy atom. The number of ether oxygens (including phenoxy) is 1. The van der Waals surface area contributed by atoms with Crippen LogP contribution in [0.1, 0.15) is 34.5 Å². The number of imide groups is 1. The summed E-state index contributed by atoms with van der Waals surface area (Å²) >= 11 is 0. The van der Waals surface area contributed by atoms with Gasteiger partial charge in [-0.05, 0) is 42.7 Å². The number of carbonyl (C=O) groups excluding carboxylic acids is 3. The van der Waals surface area contributed by atoms with E-state index < -0.39 is 11.9 Å². The lowest BCUT2D eigenvalue weighted by molar-refractivity contribution is -0.136. The van der Waals surface area contributed by atoms with Crippen LogP contribution in [0, 0.1) is 5.92 Å². The highest BCUT2D eigenvalue weighted by Crippen LogP contribution is 2.32. The van der Waals surface area contributed by atoms with Crippen molar-refractivity contribution >= 4 is 17.7 Å². The third-order valence-electron chi connectivity index (χ3n) is 6.78. The van der Waals surface area contributed by atoms with Crippen molar-refractivity contribution in [1.29, 1.82) is 0 Å². The monoisotopic (exact) mass is 456 g/mol. The standard InChI is InChI=1S/C26H24N4O4/c31-23-9-8-22(25(32)28-23)30-12-18-11-17(6-7-21(18)26(30)33)24-27-19(10-16-14-34-15-16)13-29(24)20-4-2-1-3-5-20/h1-7,11,13,16,22H,8-10,12,14-15H2,(H,28,31,32). The second-order valence-electron chi connectivity index (χ2n) is 9.14. The summed E-state index contributed by atoms with van der Waals surface area (Å²) in [4.78, 5) is 43.5. The Morgan fingerprint density at radius 2 is 1.88 bits per heavy atom. The number of amides is 3. The van der Waals surface area contributed by atoms with Gasteiger partial charge >= 0.3 is 0 Å². The minimum atomic E-state index is -0.622. The van der Waals surface area contributed by atoms with Gasteiger partial charge < -0.3 is 9.64 Å². The third kappa shape index (κ3) is 3.60. The highest BCUT2D eigenvalue weighted by molar-refractivity contribution is 6.05. The maximum Gasteiger partial charge on any atom is 0.255 e. The average Bonchev–Trinajstić information content (AvgIpc) is 3.38. The fraction of sp³-hybridized carbons (Fsp3) is 0.308. The smallest absolute Gasteiger partial charge is 0.255 e. The molecule has 0 spiro atoms. The molecule has 1 unspecified atom stereocenters. The van der Waals surface area contributed by atoms with E-state index >= 15 is 0 Å². The van der Waals surface area contributed by atoms with Crippen molar-refractivity contribution in [1.82, 2.24) is 19.8 Å². The van der Waals surface area contributed by atoms with E-state index in [0.29, 0.717) is 24.4 Å². The van der Waals surface area contributed by atoms with Crippen molar-refractivity contribution in [2.75, 3.05) is 13.2 Å². The molecular weight excluding hydrogens is 432 g/mol. The quantitative estimate of drug-likeness (QED) is 0.596. The van der Waals surface area contributed by atoms with E-state index in [4.69, 9.17) is 9.72 Å². The van der Waals surface area contributed by atoms with Crippen LogP contribution >= 0.6 is 0 Å². The van der Waals surface area contributed by atoms with Crippen LogP contribution < -0.4 is 5.32 Å². The molecule has 2 fully saturated rings. The first kappa shape index (κ1) is 20.8. The number of nitrogens with zero attached hydrogens (tertiary/aromatic N) is 3. The predicted molar refractivity (Wildman–Crippen MR) is 123 cm³/mol. The third-order valence-corrected chi connectivity index (χ3v) is 6.78. The first-order valence-corrected chi connectivity index (χ1v) is 11.6. The Labute approximate surface area is 196 Å². The number of benzene rings is 2. The largest absolute Gasteiger partial charge is 0.381 e. The highest BCUT2D eigenvalue weighted by Gasteiger charge is 2.39. The molecule has 34 heavy (non-hydrogen) atoms. The van der Waals surface area contributed by atoms with E-state index in [9.17, 15) is 14.4 Å². The summed E-state index contributed by atoms with van der Waals surface area (Å²) in [6.45, 7) is 1.88. The molecule has 1 N–H and O–H groups in total. The van der Waals surface area contributed by atoms with Gasteiger partial charge in [0.05, 0.1) is 18.9 Å². The molecule has 0 radical (unpaired) electrons. The molecule has 0 saturated carbocycles. The number of hydrogen-bond acceptors (Lipinski definition) is 5. The van der Waals surface area contributed by atoms with Crippen LogP contribution in [0.15, 0.2) is 54.7 Å². The van der Waals surface area contributed by atoms with Crippen LogP contribution in [0.25, 0.3) is 17.1 Å². The van der Waals surface area contributed by atoms with Gasteiger partial charge in [-0.3, -0.25) is 24.3 Å². The topological polar surface area (TPSA) is 93.5 Å². The predicted octanol–water partition coefficient (Wildman–Crippen LogP) is 2.49. The zero-order valence-electron chi connectivity index (χ0n) is 18.6. The Morgan fingerprint density at radius 1 is 1.06 bits per heavy atom. The molecule has 1 atom stereocenters. The number of imidazole rings is 1. The average molecular weight is 457 g/mol. The second kappa shape index (κ2) is 8.22. The van der Waals surface area contributed by atoms with Gasteiger partial charge in [-0.15, -0.1) is 0 Å². The van der Waals surface area contributed by atoms with E-state index in [2.05, 4.69) is 16.1 Å². The molecule has 172 valence electrons. The minimum absolute atomic E-state index is 0.173. The number of aromatic nitrogens is 2. The number of fused-ring (bicyclic) bond motifs is 1. The maximum atomic E-state index is 13.1. The van der Waals surface area contributed by atoms with Crippen molar-refractivity contribution < 1.29 is 19.1 Å². The van der Waals surface area contributed by atoms with Crippen molar-refractivity contribution in [3.63, 3.8) is 0 Å². The summed E-state index contributed by atoms with van der Waals surface area (Å²) in [5.41, 5.74) is 4.40. The molecule has 2 saturated heterocycles. The lowest BCUT2D eigenvalue weighted by Crippen LogP contribution is -2.52. The first-order valence-electron chi connectivity index (χ1n) is 11.6. The molecule has 1 aromatic heterocycles. The Kier molecular flexibility index (Phi) is 5.03. The minimum Gasteiger partial charge on any atom is -0.381 e. The molecule has 2 aromatic carbocycles. The van der Waals surface area contributed by atoms with E-state index in [1.807, 2.05) is 48.5 Å². The molecule has 3 aromatic rings. The van der Waals surface area contributed by atoms with Crippen LogP contribution in [0.5, 0.6) is 0 Å². The number of piperidine rings is 1. The lowest BCUT2D eigenvalue weighted by atomic mass is 10.0. The summed E-state index contributed by atoms with van der Waals surface area (Å²) in [5.74, 6) is 0.447. The van der Waals surface area contributed by atoms with Crippen LogP contribution in [-0.2, 0) is 27.3 Å². The van der Waals surface area contributed by atoms with E-state index in [1.54, 1.807) is 4.90 Å². The molecule has 3 aliphatic rings. The molecule has 3 aliphatic heterocycles.